The van der Waals surface area contributed by atoms with Gasteiger partial charge in [-0.3, -0.25) is 4.79 Å². The van der Waals surface area contributed by atoms with Gasteiger partial charge in [0.25, 0.3) is 0 Å². The van der Waals surface area contributed by atoms with Crippen LogP contribution in [0.3, 0.4) is 0 Å². The molecule has 1 unspecified atom stereocenters. The van der Waals surface area contributed by atoms with E-state index in [2.05, 4.69) is 18.3 Å². The zero-order chi connectivity index (χ0) is 15.2. The third-order valence-electron chi connectivity index (χ3n) is 4.17. The second kappa shape index (κ2) is 7.46. The Balaban J connectivity index is 1.82. The SMILES string of the molecule is COc1ccccc1CC(C)N(C)C(=O)CNCC1CC1. The van der Waals surface area contributed by atoms with E-state index >= 15 is 0 Å². The molecule has 0 bridgehead atoms. The first-order chi connectivity index (χ1) is 10.1. The standard InChI is InChI=1S/C17H26N2O2/c1-13(10-15-6-4-5-7-16(15)21-3)19(2)17(20)12-18-11-14-8-9-14/h4-7,13-14,18H,8-12H2,1-3H3. The fourth-order valence-corrected chi connectivity index (χ4v) is 2.40. The molecule has 1 amide bonds. The van der Waals surface area contributed by atoms with Crippen molar-refractivity contribution in [2.45, 2.75) is 32.2 Å². The van der Waals surface area contributed by atoms with Crippen LogP contribution in [0.1, 0.15) is 25.3 Å². The van der Waals surface area contributed by atoms with Crippen LogP contribution >= 0.6 is 0 Å². The third-order valence-corrected chi connectivity index (χ3v) is 4.17. The average molecular weight is 290 g/mol. The molecule has 1 fully saturated rings. The molecule has 1 atom stereocenters. The van der Waals surface area contributed by atoms with Crippen molar-refractivity contribution < 1.29 is 9.53 Å². The molecule has 21 heavy (non-hydrogen) atoms. The number of methoxy groups -OCH3 is 1. The van der Waals surface area contributed by atoms with Gasteiger partial charge in [0.1, 0.15) is 5.75 Å². The van der Waals surface area contributed by atoms with Crippen LogP contribution in [0, 0.1) is 5.92 Å². The van der Waals surface area contributed by atoms with E-state index < -0.39 is 0 Å². The lowest BCUT2D eigenvalue weighted by molar-refractivity contribution is -0.130. The Morgan fingerprint density at radius 1 is 1.43 bits per heavy atom. The maximum absolute atomic E-state index is 12.2. The second-order valence-electron chi connectivity index (χ2n) is 5.94. The van der Waals surface area contributed by atoms with Crippen molar-refractivity contribution >= 4 is 5.91 Å². The fraction of sp³-hybridized carbons (Fsp3) is 0.588. The molecule has 1 aliphatic carbocycles. The lowest BCUT2D eigenvalue weighted by Crippen LogP contribution is -2.42. The van der Waals surface area contributed by atoms with Gasteiger partial charge in [-0.2, -0.15) is 0 Å². The number of carbonyl (C=O) groups is 1. The Morgan fingerprint density at radius 3 is 2.81 bits per heavy atom. The van der Waals surface area contributed by atoms with E-state index in [-0.39, 0.29) is 11.9 Å². The number of hydrogen-bond acceptors (Lipinski definition) is 3. The first kappa shape index (κ1) is 15.8. The average Bonchev–Trinajstić information content (AvgIpc) is 3.31. The Morgan fingerprint density at radius 2 is 2.14 bits per heavy atom. The largest absolute Gasteiger partial charge is 0.496 e. The molecule has 116 valence electrons. The summed E-state index contributed by atoms with van der Waals surface area (Å²) in [7, 11) is 3.56. The Bertz CT molecular complexity index is 472. The number of nitrogens with one attached hydrogen (secondary N) is 1. The fourth-order valence-electron chi connectivity index (χ4n) is 2.40. The predicted molar refractivity (Wildman–Crippen MR) is 84.5 cm³/mol. The number of benzene rings is 1. The van der Waals surface area contributed by atoms with Crippen LogP contribution < -0.4 is 10.1 Å². The zero-order valence-corrected chi connectivity index (χ0v) is 13.3. The topological polar surface area (TPSA) is 41.6 Å². The molecule has 4 nitrogen and oxygen atoms in total. The van der Waals surface area contributed by atoms with Gasteiger partial charge in [0.05, 0.1) is 13.7 Å². The van der Waals surface area contributed by atoms with Gasteiger partial charge in [-0.25, -0.2) is 0 Å². The molecule has 1 saturated carbocycles. The molecular weight excluding hydrogens is 264 g/mol. The van der Waals surface area contributed by atoms with E-state index in [9.17, 15) is 4.79 Å². The first-order valence-corrected chi connectivity index (χ1v) is 7.70. The molecule has 0 aromatic heterocycles. The molecule has 0 heterocycles. The van der Waals surface area contributed by atoms with Crippen molar-refractivity contribution in [1.29, 1.82) is 0 Å². The van der Waals surface area contributed by atoms with Gasteiger partial charge in [0.2, 0.25) is 5.91 Å². The van der Waals surface area contributed by atoms with Gasteiger partial charge in [-0.05, 0) is 50.3 Å². The van der Waals surface area contributed by atoms with E-state index in [1.807, 2.05) is 30.1 Å². The molecule has 1 aromatic carbocycles. The van der Waals surface area contributed by atoms with Crippen LogP contribution in [0.4, 0.5) is 0 Å². The van der Waals surface area contributed by atoms with Crippen molar-refractivity contribution in [3.8, 4) is 5.75 Å². The molecular formula is C17H26N2O2. The molecule has 4 heteroatoms. The minimum absolute atomic E-state index is 0.150. The third kappa shape index (κ3) is 4.74. The summed E-state index contributed by atoms with van der Waals surface area (Å²) >= 11 is 0. The van der Waals surface area contributed by atoms with Crippen LogP contribution in [-0.2, 0) is 11.2 Å². The van der Waals surface area contributed by atoms with E-state index in [4.69, 9.17) is 4.74 Å². The van der Waals surface area contributed by atoms with Crippen molar-refractivity contribution in [1.82, 2.24) is 10.2 Å². The minimum atomic E-state index is 0.150. The van der Waals surface area contributed by atoms with Gasteiger partial charge in [0.15, 0.2) is 0 Å². The number of amides is 1. The summed E-state index contributed by atoms with van der Waals surface area (Å²) in [5.41, 5.74) is 1.14. The summed E-state index contributed by atoms with van der Waals surface area (Å²) < 4.78 is 5.37. The number of likely N-dealkylation sites (N-methyl/N-ethyl adjacent to an activating group) is 1. The van der Waals surface area contributed by atoms with Crippen molar-refractivity contribution in [2.24, 2.45) is 5.92 Å². The summed E-state index contributed by atoms with van der Waals surface area (Å²) in [6.07, 6.45) is 3.41. The molecule has 0 radical (unpaired) electrons. The zero-order valence-electron chi connectivity index (χ0n) is 13.3. The van der Waals surface area contributed by atoms with Crippen LogP contribution in [0.5, 0.6) is 5.75 Å². The number of ether oxygens (including phenoxy) is 1. The second-order valence-corrected chi connectivity index (χ2v) is 5.94. The number of hydrogen-bond donors (Lipinski definition) is 1. The van der Waals surface area contributed by atoms with Crippen LogP contribution in [0.2, 0.25) is 0 Å². The number of para-hydroxylation sites is 1. The monoisotopic (exact) mass is 290 g/mol. The lowest BCUT2D eigenvalue weighted by Gasteiger charge is -2.26. The highest BCUT2D eigenvalue weighted by Crippen LogP contribution is 2.27. The smallest absolute Gasteiger partial charge is 0.236 e. The first-order valence-electron chi connectivity index (χ1n) is 7.70. The van der Waals surface area contributed by atoms with E-state index in [0.717, 1.165) is 30.2 Å². The van der Waals surface area contributed by atoms with Gasteiger partial charge in [0, 0.05) is 13.1 Å². The lowest BCUT2D eigenvalue weighted by atomic mass is 10.1. The molecule has 1 N–H and O–H groups in total. The van der Waals surface area contributed by atoms with Gasteiger partial charge in [-0.1, -0.05) is 18.2 Å². The van der Waals surface area contributed by atoms with E-state index in [1.165, 1.54) is 12.8 Å². The van der Waals surface area contributed by atoms with Crippen molar-refractivity contribution in [3.63, 3.8) is 0 Å². The quantitative estimate of drug-likeness (QED) is 0.797. The van der Waals surface area contributed by atoms with Crippen LogP contribution in [-0.4, -0.2) is 44.1 Å². The van der Waals surface area contributed by atoms with Crippen LogP contribution in [0.25, 0.3) is 0 Å². The summed E-state index contributed by atoms with van der Waals surface area (Å²) in [5, 5.41) is 3.25. The van der Waals surface area contributed by atoms with E-state index in [0.29, 0.717) is 6.54 Å². The minimum Gasteiger partial charge on any atom is -0.496 e. The molecule has 0 saturated heterocycles. The van der Waals surface area contributed by atoms with E-state index in [1.54, 1.807) is 7.11 Å². The highest BCUT2D eigenvalue weighted by Gasteiger charge is 2.22. The highest BCUT2D eigenvalue weighted by atomic mass is 16.5. The number of nitrogens with zero attached hydrogens (tertiary/aromatic N) is 1. The summed E-state index contributed by atoms with van der Waals surface area (Å²) in [6, 6.07) is 8.13. The Hall–Kier alpha value is -1.55. The van der Waals surface area contributed by atoms with Crippen LogP contribution in [0.15, 0.2) is 24.3 Å². The van der Waals surface area contributed by atoms with Gasteiger partial charge < -0.3 is 15.0 Å². The highest BCUT2D eigenvalue weighted by molar-refractivity contribution is 5.78. The number of rotatable bonds is 8. The normalized spacial score (nSPS) is 15.6. The van der Waals surface area contributed by atoms with Crippen molar-refractivity contribution in [2.75, 3.05) is 27.2 Å². The Labute approximate surface area is 127 Å². The summed E-state index contributed by atoms with van der Waals surface area (Å²) in [6.45, 7) is 3.48. The van der Waals surface area contributed by atoms with Crippen molar-refractivity contribution in [3.05, 3.63) is 29.8 Å². The molecule has 2 rings (SSSR count). The molecule has 1 aliphatic rings. The maximum atomic E-state index is 12.2. The molecule has 1 aromatic rings. The summed E-state index contributed by atoms with van der Waals surface area (Å²) in [4.78, 5) is 14.0. The number of carbonyl (C=O) groups excluding carboxylic acids is 1. The summed E-state index contributed by atoms with van der Waals surface area (Å²) in [5.74, 6) is 1.84. The molecule has 0 spiro atoms. The van der Waals surface area contributed by atoms with Gasteiger partial charge >= 0.3 is 0 Å². The molecule has 0 aliphatic heterocycles. The Kier molecular flexibility index (Phi) is 5.62. The predicted octanol–water partition coefficient (Wildman–Crippen LogP) is 2.08. The maximum Gasteiger partial charge on any atom is 0.236 e. The van der Waals surface area contributed by atoms with Gasteiger partial charge in [-0.15, -0.1) is 0 Å².